The summed E-state index contributed by atoms with van der Waals surface area (Å²) in [5.74, 6) is 0.461. The highest BCUT2D eigenvalue weighted by atomic mass is 16.1. The van der Waals surface area contributed by atoms with Crippen LogP contribution in [0.5, 0.6) is 0 Å². The van der Waals surface area contributed by atoms with E-state index >= 15 is 0 Å². The highest BCUT2D eigenvalue weighted by Crippen LogP contribution is 2.15. The molecule has 0 spiro atoms. The quantitative estimate of drug-likeness (QED) is 0.701. The first-order valence-electron chi connectivity index (χ1n) is 5.97. The molecule has 0 unspecified atom stereocenters. The van der Waals surface area contributed by atoms with Crippen molar-refractivity contribution in [1.82, 2.24) is 29.4 Å². The topological polar surface area (TPSA) is 80.9 Å². The molecular weight excluding hydrogens is 244 g/mol. The van der Waals surface area contributed by atoms with E-state index in [1.54, 1.807) is 4.68 Å². The Bertz CT molecular complexity index is 838. The van der Waals surface area contributed by atoms with Crippen molar-refractivity contribution < 1.29 is 0 Å². The van der Waals surface area contributed by atoms with Crippen molar-refractivity contribution in [2.24, 2.45) is 0 Å². The second kappa shape index (κ2) is 3.78. The highest BCUT2D eigenvalue weighted by molar-refractivity contribution is 5.50. The largest absolute Gasteiger partial charge is 0.350 e. The zero-order valence-corrected chi connectivity index (χ0v) is 11.2. The zero-order chi connectivity index (χ0) is 13.7. The van der Waals surface area contributed by atoms with Crippen LogP contribution in [0, 0.1) is 27.7 Å². The highest BCUT2D eigenvalue weighted by Gasteiger charge is 2.16. The minimum Gasteiger partial charge on any atom is -0.246 e. The number of nitrogens with one attached hydrogen (secondary N) is 1. The lowest BCUT2D eigenvalue weighted by Crippen LogP contribution is -2.19. The molecule has 0 aliphatic rings. The zero-order valence-electron chi connectivity index (χ0n) is 11.2. The number of fused-ring (bicyclic) bond motifs is 1. The first-order chi connectivity index (χ1) is 8.99. The number of hydrogen-bond acceptors (Lipinski definition) is 4. The molecule has 0 saturated carbocycles. The lowest BCUT2D eigenvalue weighted by molar-refractivity contribution is 0.743. The smallest absolute Gasteiger partial charge is 0.246 e. The van der Waals surface area contributed by atoms with Gasteiger partial charge in [0.1, 0.15) is 0 Å². The third-order valence-electron chi connectivity index (χ3n) is 3.22. The molecule has 0 bridgehead atoms. The predicted octanol–water partition coefficient (Wildman–Crippen LogP) is 0.837. The van der Waals surface area contributed by atoms with Gasteiger partial charge in [0.25, 0.3) is 0 Å². The van der Waals surface area contributed by atoms with Crippen LogP contribution in [0.2, 0.25) is 0 Å². The van der Waals surface area contributed by atoms with E-state index in [0.717, 1.165) is 22.6 Å². The molecular formula is C12H14N6O. The summed E-state index contributed by atoms with van der Waals surface area (Å²) < 4.78 is 3.10. The number of hydrogen-bond donors (Lipinski definition) is 1. The minimum atomic E-state index is -0.312. The van der Waals surface area contributed by atoms with Crippen LogP contribution in [0.25, 0.3) is 11.6 Å². The second-order valence-corrected chi connectivity index (χ2v) is 4.65. The molecule has 0 aliphatic heterocycles. The summed E-state index contributed by atoms with van der Waals surface area (Å²) in [5, 5.41) is 10.9. The van der Waals surface area contributed by atoms with E-state index in [0.29, 0.717) is 11.6 Å². The maximum Gasteiger partial charge on any atom is 0.350 e. The van der Waals surface area contributed by atoms with E-state index in [1.165, 1.54) is 4.40 Å². The Hall–Kier alpha value is -2.44. The van der Waals surface area contributed by atoms with Crippen LogP contribution >= 0.6 is 0 Å². The van der Waals surface area contributed by atoms with Crippen molar-refractivity contribution in [1.29, 1.82) is 0 Å². The molecule has 3 rings (SSSR count). The molecule has 19 heavy (non-hydrogen) atoms. The fourth-order valence-corrected chi connectivity index (χ4v) is 2.15. The van der Waals surface area contributed by atoms with E-state index < -0.39 is 0 Å². The number of aromatic amines is 1. The first-order valence-corrected chi connectivity index (χ1v) is 5.97. The predicted molar refractivity (Wildman–Crippen MR) is 69.7 cm³/mol. The van der Waals surface area contributed by atoms with Crippen LogP contribution in [0.1, 0.15) is 22.6 Å². The van der Waals surface area contributed by atoms with Gasteiger partial charge in [-0.3, -0.25) is 0 Å². The van der Waals surface area contributed by atoms with E-state index in [2.05, 4.69) is 20.3 Å². The van der Waals surface area contributed by atoms with Crippen LogP contribution in [-0.2, 0) is 0 Å². The summed E-state index contributed by atoms with van der Waals surface area (Å²) in [7, 11) is 0. The maximum atomic E-state index is 11.9. The standard InChI is InChI=1S/C12H14N6O/c1-6-5-7(2)18(16-6)11-13-9(4)8(3)10-14-15-12(19)17(10)11/h5H,1-4H3,(H,15,19). The van der Waals surface area contributed by atoms with Gasteiger partial charge in [-0.05, 0) is 33.8 Å². The van der Waals surface area contributed by atoms with Gasteiger partial charge in [-0.25, -0.2) is 24.0 Å². The van der Waals surface area contributed by atoms with Crippen LogP contribution < -0.4 is 5.69 Å². The van der Waals surface area contributed by atoms with Crippen LogP contribution in [-0.4, -0.2) is 29.4 Å². The number of aromatic nitrogens is 6. The lowest BCUT2D eigenvalue weighted by atomic mass is 10.2. The van der Waals surface area contributed by atoms with Crippen molar-refractivity contribution in [3.05, 3.63) is 39.2 Å². The summed E-state index contributed by atoms with van der Waals surface area (Å²) in [6.45, 7) is 7.61. The number of aryl methyl sites for hydroxylation is 4. The third kappa shape index (κ3) is 1.58. The molecule has 0 saturated heterocycles. The van der Waals surface area contributed by atoms with Gasteiger partial charge in [0, 0.05) is 17.0 Å². The second-order valence-electron chi connectivity index (χ2n) is 4.65. The fourth-order valence-electron chi connectivity index (χ4n) is 2.15. The van der Waals surface area contributed by atoms with Crippen LogP contribution in [0.15, 0.2) is 10.9 Å². The van der Waals surface area contributed by atoms with Crippen molar-refractivity contribution >= 4 is 5.65 Å². The number of H-pyrrole nitrogens is 1. The Morgan fingerprint density at radius 3 is 2.58 bits per heavy atom. The molecule has 0 aliphatic carbocycles. The van der Waals surface area contributed by atoms with Gasteiger partial charge in [-0.2, -0.15) is 10.2 Å². The van der Waals surface area contributed by atoms with Gasteiger partial charge >= 0.3 is 5.69 Å². The van der Waals surface area contributed by atoms with Gasteiger partial charge in [-0.1, -0.05) is 0 Å². The molecule has 98 valence electrons. The van der Waals surface area contributed by atoms with Gasteiger partial charge in [-0.15, -0.1) is 0 Å². The van der Waals surface area contributed by atoms with Crippen molar-refractivity contribution in [2.45, 2.75) is 27.7 Å². The minimum absolute atomic E-state index is 0.312. The molecule has 0 atom stereocenters. The Balaban J connectivity index is 2.48. The van der Waals surface area contributed by atoms with Gasteiger partial charge in [0.15, 0.2) is 5.65 Å². The van der Waals surface area contributed by atoms with E-state index in [9.17, 15) is 4.79 Å². The Morgan fingerprint density at radius 1 is 1.21 bits per heavy atom. The van der Waals surface area contributed by atoms with Crippen LogP contribution in [0.4, 0.5) is 0 Å². The van der Waals surface area contributed by atoms with Gasteiger partial charge in [0.05, 0.1) is 5.69 Å². The molecule has 1 N–H and O–H groups in total. The summed E-state index contributed by atoms with van der Waals surface area (Å²) in [6, 6.07) is 1.94. The first kappa shape index (κ1) is 11.6. The van der Waals surface area contributed by atoms with Crippen LogP contribution in [0.3, 0.4) is 0 Å². The summed E-state index contributed by atoms with van der Waals surface area (Å²) in [4.78, 5) is 16.4. The molecule has 0 fully saturated rings. The molecule has 3 aromatic heterocycles. The number of rotatable bonds is 1. The van der Waals surface area contributed by atoms with Crippen molar-refractivity contribution in [2.75, 3.05) is 0 Å². The molecule has 7 nitrogen and oxygen atoms in total. The molecule has 0 amide bonds. The summed E-state index contributed by atoms with van der Waals surface area (Å²) in [5.41, 5.74) is 3.77. The Labute approximate surface area is 108 Å². The monoisotopic (exact) mass is 258 g/mol. The Kier molecular flexibility index (Phi) is 2.31. The summed E-state index contributed by atoms with van der Waals surface area (Å²) >= 11 is 0. The fraction of sp³-hybridized carbons (Fsp3) is 0.333. The number of nitrogens with zero attached hydrogens (tertiary/aromatic N) is 5. The van der Waals surface area contributed by atoms with Gasteiger partial charge in [0.2, 0.25) is 5.95 Å². The normalized spacial score (nSPS) is 11.4. The molecule has 7 heteroatoms. The molecule has 0 aromatic carbocycles. The average Bonchev–Trinajstić information content (AvgIpc) is 2.88. The molecule has 3 aromatic rings. The van der Waals surface area contributed by atoms with E-state index in [4.69, 9.17) is 0 Å². The molecule has 3 heterocycles. The average molecular weight is 258 g/mol. The summed E-state index contributed by atoms with van der Waals surface area (Å²) in [6.07, 6.45) is 0. The lowest BCUT2D eigenvalue weighted by Gasteiger charge is -2.08. The van der Waals surface area contributed by atoms with Crippen molar-refractivity contribution in [3.8, 4) is 5.95 Å². The van der Waals surface area contributed by atoms with E-state index in [-0.39, 0.29) is 5.69 Å². The van der Waals surface area contributed by atoms with Crippen molar-refractivity contribution in [3.63, 3.8) is 0 Å². The maximum absolute atomic E-state index is 11.9. The third-order valence-corrected chi connectivity index (χ3v) is 3.22. The van der Waals surface area contributed by atoms with E-state index in [1.807, 2.05) is 33.8 Å². The molecule has 0 radical (unpaired) electrons. The Morgan fingerprint density at radius 2 is 1.95 bits per heavy atom. The SMILES string of the molecule is Cc1cc(C)n(-c2nc(C)c(C)c3n[nH]c(=O)n23)n1. The van der Waals surface area contributed by atoms with Gasteiger partial charge < -0.3 is 0 Å².